The van der Waals surface area contributed by atoms with Crippen molar-refractivity contribution in [2.45, 2.75) is 26.2 Å². The molecule has 0 radical (unpaired) electrons. The number of rotatable bonds is 8. The molecule has 5 nitrogen and oxygen atoms in total. The zero-order valence-corrected chi connectivity index (χ0v) is 11.5. The normalized spacial score (nSPS) is 16.6. The average molecular weight is 258 g/mol. The first-order valence-corrected chi connectivity index (χ1v) is 6.98. The number of unbranched alkanes of at least 4 members (excludes halogenated alkanes) is 1. The Hall–Kier alpha value is -0.650. The Morgan fingerprint density at radius 2 is 2.00 bits per heavy atom. The Morgan fingerprint density at radius 3 is 2.83 bits per heavy atom. The molecule has 0 bridgehead atoms. The molecule has 0 atom stereocenters. The van der Waals surface area contributed by atoms with Crippen LogP contribution in [0.25, 0.3) is 0 Å². The van der Waals surface area contributed by atoms with E-state index in [1.54, 1.807) is 0 Å². The van der Waals surface area contributed by atoms with Crippen molar-refractivity contribution in [3.05, 3.63) is 0 Å². The van der Waals surface area contributed by atoms with Gasteiger partial charge in [0.2, 0.25) is 5.91 Å². The van der Waals surface area contributed by atoms with Crippen molar-refractivity contribution in [3.63, 3.8) is 0 Å². The minimum Gasteiger partial charge on any atom is -0.379 e. The first-order chi connectivity index (χ1) is 8.84. The lowest BCUT2D eigenvalue weighted by atomic mass is 10.4. The maximum Gasteiger partial charge on any atom is 0.248 e. The van der Waals surface area contributed by atoms with Crippen molar-refractivity contribution in [1.29, 1.82) is 0 Å². The van der Waals surface area contributed by atoms with Gasteiger partial charge in [-0.05, 0) is 19.4 Å². The number of amides is 1. The van der Waals surface area contributed by atoms with E-state index in [4.69, 9.17) is 9.47 Å². The smallest absolute Gasteiger partial charge is 0.248 e. The molecule has 0 aromatic carbocycles. The molecule has 1 aliphatic rings. The molecule has 1 N–H and O–H groups in total. The molecular weight excluding hydrogens is 232 g/mol. The SMILES string of the molecule is CCCCOCCOCC(=O)N1CCCNCC1. The van der Waals surface area contributed by atoms with Crippen LogP contribution in [0.4, 0.5) is 0 Å². The predicted octanol–water partition coefficient (Wildman–Crippen LogP) is 0.642. The van der Waals surface area contributed by atoms with Crippen LogP contribution in [0.5, 0.6) is 0 Å². The lowest BCUT2D eigenvalue weighted by Gasteiger charge is -2.19. The fourth-order valence-electron chi connectivity index (χ4n) is 1.81. The van der Waals surface area contributed by atoms with E-state index in [0.717, 1.165) is 52.0 Å². The van der Waals surface area contributed by atoms with Crippen LogP contribution in [0.1, 0.15) is 26.2 Å². The standard InChI is InChI=1S/C13H26N2O3/c1-2-3-9-17-10-11-18-12-13(16)15-7-4-5-14-6-8-15/h14H,2-12H2,1H3. The number of carbonyl (C=O) groups excluding carboxylic acids is 1. The van der Waals surface area contributed by atoms with E-state index in [0.29, 0.717) is 13.2 Å². The molecule has 0 aliphatic carbocycles. The molecule has 0 aromatic heterocycles. The highest BCUT2D eigenvalue weighted by atomic mass is 16.5. The number of ether oxygens (including phenoxy) is 2. The molecule has 0 aromatic rings. The topological polar surface area (TPSA) is 50.8 Å². The van der Waals surface area contributed by atoms with Crippen molar-refractivity contribution in [2.24, 2.45) is 0 Å². The van der Waals surface area contributed by atoms with Crippen LogP contribution in [0.3, 0.4) is 0 Å². The summed E-state index contributed by atoms with van der Waals surface area (Å²) in [5.74, 6) is 0.0901. The molecule has 1 fully saturated rings. The largest absolute Gasteiger partial charge is 0.379 e. The van der Waals surface area contributed by atoms with Gasteiger partial charge in [0.1, 0.15) is 6.61 Å². The van der Waals surface area contributed by atoms with Gasteiger partial charge in [-0.1, -0.05) is 13.3 Å². The molecule has 5 heteroatoms. The van der Waals surface area contributed by atoms with Gasteiger partial charge in [0, 0.05) is 26.2 Å². The van der Waals surface area contributed by atoms with E-state index in [1.165, 1.54) is 0 Å². The van der Waals surface area contributed by atoms with Crippen molar-refractivity contribution in [3.8, 4) is 0 Å². The van der Waals surface area contributed by atoms with Gasteiger partial charge in [-0.25, -0.2) is 0 Å². The number of carbonyl (C=O) groups is 1. The molecule has 1 rings (SSSR count). The molecule has 1 saturated heterocycles. The van der Waals surface area contributed by atoms with Gasteiger partial charge in [-0.15, -0.1) is 0 Å². The van der Waals surface area contributed by atoms with E-state index in [2.05, 4.69) is 12.2 Å². The van der Waals surface area contributed by atoms with Crippen molar-refractivity contribution in [1.82, 2.24) is 10.2 Å². The van der Waals surface area contributed by atoms with E-state index in [9.17, 15) is 4.79 Å². The molecule has 0 saturated carbocycles. The average Bonchev–Trinajstić information content (AvgIpc) is 2.66. The summed E-state index contributed by atoms with van der Waals surface area (Å²) in [5.41, 5.74) is 0. The second kappa shape index (κ2) is 10.3. The summed E-state index contributed by atoms with van der Waals surface area (Å²) in [7, 11) is 0. The second-order valence-electron chi connectivity index (χ2n) is 4.50. The van der Waals surface area contributed by atoms with Gasteiger partial charge in [0.05, 0.1) is 13.2 Å². The van der Waals surface area contributed by atoms with Gasteiger partial charge in [-0.2, -0.15) is 0 Å². The van der Waals surface area contributed by atoms with Gasteiger partial charge >= 0.3 is 0 Å². The Kier molecular flexibility index (Phi) is 8.81. The van der Waals surface area contributed by atoms with Crippen molar-refractivity contribution >= 4 is 5.91 Å². The van der Waals surface area contributed by atoms with Crippen LogP contribution in [0.15, 0.2) is 0 Å². The predicted molar refractivity (Wildman–Crippen MR) is 70.6 cm³/mol. The summed E-state index contributed by atoms with van der Waals surface area (Å²) in [6, 6.07) is 0. The first kappa shape index (κ1) is 15.4. The summed E-state index contributed by atoms with van der Waals surface area (Å²) in [4.78, 5) is 13.7. The summed E-state index contributed by atoms with van der Waals surface area (Å²) in [6.07, 6.45) is 3.24. The van der Waals surface area contributed by atoms with Crippen molar-refractivity contribution < 1.29 is 14.3 Å². The van der Waals surface area contributed by atoms with Crippen LogP contribution in [0, 0.1) is 0 Å². The Balaban J connectivity index is 1.98. The van der Waals surface area contributed by atoms with E-state index in [-0.39, 0.29) is 12.5 Å². The molecule has 18 heavy (non-hydrogen) atoms. The molecule has 1 aliphatic heterocycles. The third-order valence-electron chi connectivity index (χ3n) is 2.93. The third-order valence-corrected chi connectivity index (χ3v) is 2.93. The number of hydrogen-bond acceptors (Lipinski definition) is 4. The van der Waals surface area contributed by atoms with Crippen molar-refractivity contribution in [2.75, 3.05) is 52.6 Å². The molecule has 1 amide bonds. The monoisotopic (exact) mass is 258 g/mol. The number of hydrogen-bond donors (Lipinski definition) is 1. The fraction of sp³-hybridized carbons (Fsp3) is 0.923. The molecular formula is C13H26N2O3. The number of nitrogens with one attached hydrogen (secondary N) is 1. The highest BCUT2D eigenvalue weighted by molar-refractivity contribution is 5.77. The summed E-state index contributed by atoms with van der Waals surface area (Å²) in [5, 5.41) is 3.27. The first-order valence-electron chi connectivity index (χ1n) is 6.98. The van der Waals surface area contributed by atoms with E-state index >= 15 is 0 Å². The summed E-state index contributed by atoms with van der Waals surface area (Å²) >= 11 is 0. The Morgan fingerprint density at radius 1 is 1.17 bits per heavy atom. The van der Waals surface area contributed by atoms with E-state index in [1.807, 2.05) is 4.90 Å². The Labute approximate surface area is 110 Å². The van der Waals surface area contributed by atoms with Crippen LogP contribution >= 0.6 is 0 Å². The van der Waals surface area contributed by atoms with Gasteiger partial charge in [0.15, 0.2) is 0 Å². The lowest BCUT2D eigenvalue weighted by Crippen LogP contribution is -2.36. The molecule has 1 heterocycles. The maximum atomic E-state index is 11.8. The minimum atomic E-state index is 0.0901. The molecule has 0 unspecified atom stereocenters. The van der Waals surface area contributed by atoms with Gasteiger partial charge in [-0.3, -0.25) is 4.79 Å². The van der Waals surface area contributed by atoms with Gasteiger partial charge < -0.3 is 19.7 Å². The fourth-order valence-corrected chi connectivity index (χ4v) is 1.81. The van der Waals surface area contributed by atoms with Crippen LogP contribution in [0.2, 0.25) is 0 Å². The zero-order chi connectivity index (χ0) is 13.1. The third kappa shape index (κ3) is 6.93. The minimum absolute atomic E-state index is 0.0901. The highest BCUT2D eigenvalue weighted by Crippen LogP contribution is 1.97. The quantitative estimate of drug-likeness (QED) is 0.649. The molecule has 0 spiro atoms. The van der Waals surface area contributed by atoms with Crippen LogP contribution < -0.4 is 5.32 Å². The Bertz CT molecular complexity index is 216. The lowest BCUT2D eigenvalue weighted by molar-refractivity contribution is -0.136. The van der Waals surface area contributed by atoms with Crippen LogP contribution in [-0.2, 0) is 14.3 Å². The number of nitrogens with zero attached hydrogens (tertiary/aromatic N) is 1. The summed E-state index contributed by atoms with van der Waals surface area (Å²) < 4.78 is 10.7. The second-order valence-corrected chi connectivity index (χ2v) is 4.50. The molecule has 106 valence electrons. The van der Waals surface area contributed by atoms with E-state index < -0.39 is 0 Å². The highest BCUT2D eigenvalue weighted by Gasteiger charge is 2.14. The van der Waals surface area contributed by atoms with Gasteiger partial charge in [0.25, 0.3) is 0 Å². The maximum absolute atomic E-state index is 11.8. The van der Waals surface area contributed by atoms with Crippen LogP contribution in [-0.4, -0.2) is 63.4 Å². The summed E-state index contributed by atoms with van der Waals surface area (Å²) in [6.45, 7) is 7.67. The zero-order valence-electron chi connectivity index (χ0n) is 11.5.